The maximum atomic E-state index is 11.5. The van der Waals surface area contributed by atoms with Gasteiger partial charge in [-0.3, -0.25) is 4.79 Å². The van der Waals surface area contributed by atoms with Crippen LogP contribution >= 0.6 is 11.8 Å². The summed E-state index contributed by atoms with van der Waals surface area (Å²) in [5.41, 5.74) is 1.74. The second-order valence-corrected chi connectivity index (χ2v) is 5.89. The molecule has 19 heavy (non-hydrogen) atoms. The lowest BCUT2D eigenvalue weighted by Gasteiger charge is -2.16. The molecule has 98 valence electrons. The number of aryl methyl sites for hydroxylation is 1. The highest BCUT2D eigenvalue weighted by Crippen LogP contribution is 2.31. The van der Waals surface area contributed by atoms with E-state index in [9.17, 15) is 10.1 Å². The van der Waals surface area contributed by atoms with Crippen molar-refractivity contribution in [3.63, 3.8) is 0 Å². The first-order valence-electron chi connectivity index (χ1n) is 6.38. The van der Waals surface area contributed by atoms with Gasteiger partial charge in [-0.25, -0.2) is 4.98 Å². The molecular weight excluding hydrogens is 256 g/mol. The maximum absolute atomic E-state index is 11.5. The zero-order chi connectivity index (χ0) is 13.8. The zero-order valence-electron chi connectivity index (χ0n) is 11.1. The Hall–Kier alpha value is -1.60. The number of carbonyl (C=O) groups excluding carboxylic acids is 1. The molecule has 3 nitrogen and oxygen atoms in total. The van der Waals surface area contributed by atoms with Crippen molar-refractivity contribution in [2.24, 2.45) is 0 Å². The highest BCUT2D eigenvalue weighted by Gasteiger charge is 2.16. The quantitative estimate of drug-likeness (QED) is 0.622. The van der Waals surface area contributed by atoms with E-state index < -0.39 is 0 Å². The Morgan fingerprint density at radius 2 is 2.37 bits per heavy atom. The van der Waals surface area contributed by atoms with E-state index in [1.54, 1.807) is 17.8 Å². The molecule has 0 aromatic carbocycles. The smallest absolute Gasteiger partial charge is 0.161 e. The number of aromatic nitrogens is 1. The Morgan fingerprint density at radius 1 is 1.58 bits per heavy atom. The van der Waals surface area contributed by atoms with Crippen molar-refractivity contribution in [3.05, 3.63) is 35.0 Å². The summed E-state index contributed by atoms with van der Waals surface area (Å²) in [4.78, 5) is 15.9. The minimum atomic E-state index is -0.0457. The van der Waals surface area contributed by atoms with Crippen LogP contribution in [0.25, 0.3) is 0 Å². The molecule has 4 heteroatoms. The Balaban J connectivity index is 2.32. The fourth-order valence-electron chi connectivity index (χ4n) is 2.13. The van der Waals surface area contributed by atoms with Gasteiger partial charge in [-0.05, 0) is 39.2 Å². The molecule has 0 saturated heterocycles. The number of ketones is 1. The number of thioether (sulfide) groups is 1. The number of hydrogen-bond donors (Lipinski definition) is 0. The average molecular weight is 272 g/mol. The van der Waals surface area contributed by atoms with Crippen molar-refractivity contribution in [3.8, 4) is 6.07 Å². The second kappa shape index (κ2) is 6.03. The van der Waals surface area contributed by atoms with E-state index in [0.717, 1.165) is 17.9 Å². The minimum Gasteiger partial charge on any atom is -0.294 e. The van der Waals surface area contributed by atoms with Gasteiger partial charge in [0.25, 0.3) is 0 Å². The average Bonchev–Trinajstić information content (AvgIpc) is 2.39. The van der Waals surface area contributed by atoms with Crippen LogP contribution in [0, 0.1) is 18.3 Å². The first-order chi connectivity index (χ1) is 9.11. The van der Waals surface area contributed by atoms with Gasteiger partial charge < -0.3 is 0 Å². The van der Waals surface area contributed by atoms with Gasteiger partial charge in [0.05, 0.1) is 5.56 Å². The van der Waals surface area contributed by atoms with Crippen molar-refractivity contribution >= 4 is 17.5 Å². The lowest BCUT2D eigenvalue weighted by Crippen LogP contribution is -2.06. The van der Waals surface area contributed by atoms with Crippen LogP contribution in [0.1, 0.15) is 47.8 Å². The monoisotopic (exact) mass is 272 g/mol. The Bertz CT molecular complexity index is 572. The first-order valence-corrected chi connectivity index (χ1v) is 7.25. The fraction of sp³-hybridized carbons (Fsp3) is 0.400. The molecule has 1 heterocycles. The standard InChI is InChI=1S/C15H16N2OS/c1-10-14(11(2)18)8-12(9-16)15(17-10)19-13-6-4-3-5-7-13/h4,6,8,13H,3,5,7H2,1-2H3/t13-/m1/s1. The third-order valence-electron chi connectivity index (χ3n) is 3.15. The predicted molar refractivity (Wildman–Crippen MR) is 76.3 cm³/mol. The topological polar surface area (TPSA) is 53.8 Å². The van der Waals surface area contributed by atoms with Gasteiger partial charge in [0, 0.05) is 16.5 Å². The third-order valence-corrected chi connectivity index (χ3v) is 4.38. The molecule has 0 fully saturated rings. The summed E-state index contributed by atoms with van der Waals surface area (Å²) in [5, 5.41) is 10.3. The molecule has 0 bridgehead atoms. The Morgan fingerprint density at radius 3 is 2.95 bits per heavy atom. The summed E-state index contributed by atoms with van der Waals surface area (Å²) in [6.45, 7) is 3.32. The summed E-state index contributed by atoms with van der Waals surface area (Å²) in [5.74, 6) is -0.0457. The number of pyridine rings is 1. The summed E-state index contributed by atoms with van der Waals surface area (Å²) >= 11 is 1.62. The number of rotatable bonds is 3. The van der Waals surface area contributed by atoms with E-state index in [1.165, 1.54) is 13.3 Å². The van der Waals surface area contributed by atoms with Crippen LogP contribution in [0.2, 0.25) is 0 Å². The maximum Gasteiger partial charge on any atom is 0.161 e. The molecule has 0 spiro atoms. The number of nitrogens with zero attached hydrogens (tertiary/aromatic N) is 2. The number of hydrogen-bond acceptors (Lipinski definition) is 4. The zero-order valence-corrected chi connectivity index (χ0v) is 12.0. The SMILES string of the molecule is CC(=O)c1cc(C#N)c(S[C@@H]2C=CCCC2)nc1C. The van der Waals surface area contributed by atoms with Gasteiger partial charge in [-0.1, -0.05) is 23.9 Å². The molecule has 1 aromatic rings. The van der Waals surface area contributed by atoms with Gasteiger partial charge in [0.2, 0.25) is 0 Å². The van der Waals surface area contributed by atoms with Gasteiger partial charge >= 0.3 is 0 Å². The fourth-order valence-corrected chi connectivity index (χ4v) is 3.31. The molecule has 0 N–H and O–H groups in total. The van der Waals surface area contributed by atoms with E-state index in [2.05, 4.69) is 23.2 Å². The summed E-state index contributed by atoms with van der Waals surface area (Å²) in [6.07, 6.45) is 7.80. The first kappa shape index (κ1) is 13.8. The van der Waals surface area contributed by atoms with Crippen LogP contribution in [0.15, 0.2) is 23.2 Å². The molecule has 1 aromatic heterocycles. The summed E-state index contributed by atoms with van der Waals surface area (Å²) in [6, 6.07) is 3.81. The van der Waals surface area contributed by atoms with Crippen molar-refractivity contribution < 1.29 is 4.79 Å². The van der Waals surface area contributed by atoms with Crippen molar-refractivity contribution in [2.75, 3.05) is 0 Å². The summed E-state index contributed by atoms with van der Waals surface area (Å²) < 4.78 is 0. The van der Waals surface area contributed by atoms with E-state index >= 15 is 0 Å². The van der Waals surface area contributed by atoms with E-state index in [-0.39, 0.29) is 5.78 Å². The highest BCUT2D eigenvalue weighted by molar-refractivity contribution is 8.00. The van der Waals surface area contributed by atoms with Gasteiger partial charge in [0.1, 0.15) is 11.1 Å². The number of carbonyl (C=O) groups is 1. The molecule has 2 rings (SSSR count). The number of Topliss-reactive ketones (excluding diaryl/α,β-unsaturated/α-hetero) is 1. The molecule has 0 unspecified atom stereocenters. The van der Waals surface area contributed by atoms with Crippen LogP contribution in [0.5, 0.6) is 0 Å². The molecule has 0 aliphatic heterocycles. The molecular formula is C15H16N2OS. The number of allylic oxidation sites excluding steroid dienone is 1. The molecule has 1 atom stereocenters. The number of nitriles is 1. The van der Waals surface area contributed by atoms with Gasteiger partial charge in [0.15, 0.2) is 5.78 Å². The third kappa shape index (κ3) is 3.24. The van der Waals surface area contributed by atoms with Crippen LogP contribution in [-0.2, 0) is 0 Å². The largest absolute Gasteiger partial charge is 0.294 e. The van der Waals surface area contributed by atoms with E-state index in [1.807, 2.05) is 6.92 Å². The Labute approximate surface area is 117 Å². The van der Waals surface area contributed by atoms with Gasteiger partial charge in [-0.15, -0.1) is 0 Å². The van der Waals surface area contributed by atoms with Crippen molar-refractivity contribution in [1.29, 1.82) is 5.26 Å². The minimum absolute atomic E-state index is 0.0457. The lowest BCUT2D eigenvalue weighted by molar-refractivity contribution is 0.101. The molecule has 1 aliphatic carbocycles. The van der Waals surface area contributed by atoms with Crippen LogP contribution in [-0.4, -0.2) is 16.0 Å². The molecule has 0 saturated carbocycles. The van der Waals surface area contributed by atoms with Crippen LogP contribution in [0.4, 0.5) is 0 Å². The Kier molecular flexibility index (Phi) is 4.39. The van der Waals surface area contributed by atoms with Crippen LogP contribution < -0.4 is 0 Å². The lowest BCUT2D eigenvalue weighted by atomic mass is 10.1. The van der Waals surface area contributed by atoms with Crippen LogP contribution in [0.3, 0.4) is 0 Å². The second-order valence-electron chi connectivity index (χ2n) is 4.66. The summed E-state index contributed by atoms with van der Waals surface area (Å²) in [7, 11) is 0. The molecule has 0 amide bonds. The van der Waals surface area contributed by atoms with Gasteiger partial charge in [-0.2, -0.15) is 5.26 Å². The highest BCUT2D eigenvalue weighted by atomic mass is 32.2. The van der Waals surface area contributed by atoms with Crippen molar-refractivity contribution in [2.45, 2.75) is 43.4 Å². The van der Waals surface area contributed by atoms with Crippen molar-refractivity contribution in [1.82, 2.24) is 4.98 Å². The normalized spacial score (nSPS) is 18.1. The van der Waals surface area contributed by atoms with E-state index in [0.29, 0.717) is 22.1 Å². The molecule has 0 radical (unpaired) electrons. The van der Waals surface area contributed by atoms with E-state index in [4.69, 9.17) is 0 Å². The molecule has 1 aliphatic rings. The predicted octanol–water partition coefficient (Wildman–Crippen LogP) is 3.67.